The van der Waals surface area contributed by atoms with E-state index in [1.165, 1.54) is 32.1 Å². The van der Waals surface area contributed by atoms with E-state index in [0.717, 1.165) is 18.9 Å². The van der Waals surface area contributed by atoms with Crippen LogP contribution < -0.4 is 5.32 Å². The molecule has 0 aliphatic heterocycles. The highest BCUT2D eigenvalue weighted by Crippen LogP contribution is 2.26. The van der Waals surface area contributed by atoms with Crippen LogP contribution in [0.2, 0.25) is 0 Å². The Labute approximate surface area is 88.1 Å². The van der Waals surface area contributed by atoms with Crippen molar-refractivity contribution in [2.45, 2.75) is 64.5 Å². The molecule has 0 bridgehead atoms. The Hall–Kier alpha value is -0.0800. The smallest absolute Gasteiger partial charge is 0.0524 e. The summed E-state index contributed by atoms with van der Waals surface area (Å²) in [5, 5.41) is 12.7. The van der Waals surface area contributed by atoms with E-state index >= 15 is 0 Å². The lowest BCUT2D eigenvalue weighted by Crippen LogP contribution is -2.36. The first-order valence-electron chi connectivity index (χ1n) is 6.11. The molecule has 0 radical (unpaired) electrons. The first-order chi connectivity index (χ1) is 6.70. The van der Waals surface area contributed by atoms with Crippen molar-refractivity contribution in [2.75, 3.05) is 6.54 Å². The summed E-state index contributed by atoms with van der Waals surface area (Å²) in [5.41, 5.74) is 0. The summed E-state index contributed by atoms with van der Waals surface area (Å²) < 4.78 is 0. The topological polar surface area (TPSA) is 32.3 Å². The third-order valence-electron chi connectivity index (χ3n) is 3.39. The van der Waals surface area contributed by atoms with Gasteiger partial charge in [-0.1, -0.05) is 19.3 Å². The molecule has 14 heavy (non-hydrogen) atoms. The standard InChI is InChI=1S/C12H25NO/c1-10(14)8-9-13-11(2)12-6-4-3-5-7-12/h10-14H,3-9H2,1-2H3/t10-,11-/m0/s1. The molecule has 1 saturated carbocycles. The van der Waals surface area contributed by atoms with Crippen LogP contribution in [0.25, 0.3) is 0 Å². The van der Waals surface area contributed by atoms with Gasteiger partial charge in [-0.2, -0.15) is 0 Å². The van der Waals surface area contributed by atoms with Crippen molar-refractivity contribution in [3.05, 3.63) is 0 Å². The predicted octanol–water partition coefficient (Wildman–Crippen LogP) is 2.32. The maximum absolute atomic E-state index is 9.14. The minimum Gasteiger partial charge on any atom is -0.393 e. The van der Waals surface area contributed by atoms with Gasteiger partial charge in [-0.15, -0.1) is 0 Å². The van der Waals surface area contributed by atoms with E-state index in [1.807, 2.05) is 6.92 Å². The first-order valence-corrected chi connectivity index (χ1v) is 6.11. The van der Waals surface area contributed by atoms with Gasteiger partial charge in [-0.05, 0) is 45.6 Å². The quantitative estimate of drug-likeness (QED) is 0.712. The van der Waals surface area contributed by atoms with Gasteiger partial charge in [-0.3, -0.25) is 0 Å². The molecule has 0 spiro atoms. The Morgan fingerprint density at radius 2 is 1.86 bits per heavy atom. The van der Waals surface area contributed by atoms with Crippen LogP contribution in [0, 0.1) is 5.92 Å². The lowest BCUT2D eigenvalue weighted by atomic mass is 9.84. The molecular weight excluding hydrogens is 174 g/mol. The van der Waals surface area contributed by atoms with Gasteiger partial charge in [0.05, 0.1) is 6.10 Å². The van der Waals surface area contributed by atoms with Crippen molar-refractivity contribution >= 4 is 0 Å². The number of aliphatic hydroxyl groups is 1. The Morgan fingerprint density at radius 3 is 2.43 bits per heavy atom. The molecule has 0 aromatic heterocycles. The zero-order valence-corrected chi connectivity index (χ0v) is 9.63. The van der Waals surface area contributed by atoms with Crippen LogP contribution in [0.3, 0.4) is 0 Å². The zero-order valence-electron chi connectivity index (χ0n) is 9.63. The first kappa shape index (κ1) is 12.0. The van der Waals surface area contributed by atoms with E-state index in [1.54, 1.807) is 0 Å². The van der Waals surface area contributed by atoms with E-state index < -0.39 is 0 Å². The molecule has 1 rings (SSSR count). The van der Waals surface area contributed by atoms with Gasteiger partial charge >= 0.3 is 0 Å². The number of rotatable bonds is 5. The van der Waals surface area contributed by atoms with Crippen LogP contribution in [0.5, 0.6) is 0 Å². The van der Waals surface area contributed by atoms with Gasteiger partial charge in [0, 0.05) is 6.04 Å². The number of hydrogen-bond acceptors (Lipinski definition) is 2. The molecule has 0 heterocycles. The minimum absolute atomic E-state index is 0.166. The molecule has 2 nitrogen and oxygen atoms in total. The van der Waals surface area contributed by atoms with Crippen molar-refractivity contribution in [2.24, 2.45) is 5.92 Å². The normalized spacial score (nSPS) is 23.4. The summed E-state index contributed by atoms with van der Waals surface area (Å²) in [4.78, 5) is 0. The summed E-state index contributed by atoms with van der Waals surface area (Å²) in [6, 6.07) is 0.633. The highest BCUT2D eigenvalue weighted by molar-refractivity contribution is 4.75. The van der Waals surface area contributed by atoms with E-state index in [9.17, 15) is 0 Å². The molecule has 0 unspecified atom stereocenters. The molecule has 0 aromatic rings. The average molecular weight is 199 g/mol. The second-order valence-electron chi connectivity index (χ2n) is 4.78. The molecule has 1 aliphatic rings. The van der Waals surface area contributed by atoms with Crippen LogP contribution in [0.4, 0.5) is 0 Å². The fourth-order valence-electron chi connectivity index (χ4n) is 2.32. The minimum atomic E-state index is -0.166. The molecule has 0 saturated heterocycles. The van der Waals surface area contributed by atoms with Crippen molar-refractivity contribution < 1.29 is 5.11 Å². The largest absolute Gasteiger partial charge is 0.393 e. The number of nitrogens with one attached hydrogen (secondary N) is 1. The van der Waals surface area contributed by atoms with Crippen LogP contribution in [0.15, 0.2) is 0 Å². The van der Waals surface area contributed by atoms with Crippen LogP contribution in [0.1, 0.15) is 52.4 Å². The monoisotopic (exact) mass is 199 g/mol. The molecule has 0 aromatic carbocycles. The van der Waals surface area contributed by atoms with Crippen molar-refractivity contribution in [1.82, 2.24) is 5.32 Å². The zero-order chi connectivity index (χ0) is 10.4. The highest BCUT2D eigenvalue weighted by atomic mass is 16.3. The number of aliphatic hydroxyl groups excluding tert-OH is 1. The third kappa shape index (κ3) is 4.43. The Bertz CT molecular complexity index is 141. The summed E-state index contributed by atoms with van der Waals surface area (Å²) in [6.07, 6.45) is 7.74. The summed E-state index contributed by atoms with van der Waals surface area (Å²) in [5.74, 6) is 0.873. The Balaban J connectivity index is 2.10. The van der Waals surface area contributed by atoms with Crippen molar-refractivity contribution in [3.8, 4) is 0 Å². The molecule has 1 fully saturated rings. The van der Waals surface area contributed by atoms with Crippen LogP contribution in [-0.4, -0.2) is 23.8 Å². The summed E-state index contributed by atoms with van der Waals surface area (Å²) >= 11 is 0. The predicted molar refractivity (Wildman–Crippen MR) is 60.3 cm³/mol. The summed E-state index contributed by atoms with van der Waals surface area (Å²) in [6.45, 7) is 5.10. The third-order valence-corrected chi connectivity index (χ3v) is 3.39. The Kier molecular flexibility index (Phi) is 5.49. The van der Waals surface area contributed by atoms with Crippen LogP contribution in [-0.2, 0) is 0 Å². The second kappa shape index (κ2) is 6.41. The fourth-order valence-corrected chi connectivity index (χ4v) is 2.32. The van der Waals surface area contributed by atoms with Gasteiger partial charge in [-0.25, -0.2) is 0 Å². The van der Waals surface area contributed by atoms with Gasteiger partial charge in [0.1, 0.15) is 0 Å². The lowest BCUT2D eigenvalue weighted by molar-refractivity contribution is 0.178. The second-order valence-corrected chi connectivity index (χ2v) is 4.78. The Morgan fingerprint density at radius 1 is 1.21 bits per heavy atom. The van der Waals surface area contributed by atoms with Crippen molar-refractivity contribution in [1.29, 1.82) is 0 Å². The molecule has 2 N–H and O–H groups in total. The highest BCUT2D eigenvalue weighted by Gasteiger charge is 2.19. The van der Waals surface area contributed by atoms with E-state index in [2.05, 4.69) is 12.2 Å². The van der Waals surface area contributed by atoms with Gasteiger partial charge in [0.25, 0.3) is 0 Å². The van der Waals surface area contributed by atoms with E-state index in [4.69, 9.17) is 5.11 Å². The van der Waals surface area contributed by atoms with E-state index in [-0.39, 0.29) is 6.10 Å². The molecular formula is C12H25NO. The maximum Gasteiger partial charge on any atom is 0.0524 e. The summed E-state index contributed by atoms with van der Waals surface area (Å²) in [7, 11) is 0. The SMILES string of the molecule is C[C@H](O)CCN[C@@H](C)C1CCCCC1. The fraction of sp³-hybridized carbons (Fsp3) is 1.00. The van der Waals surface area contributed by atoms with Crippen LogP contribution >= 0.6 is 0 Å². The van der Waals surface area contributed by atoms with E-state index in [0.29, 0.717) is 6.04 Å². The van der Waals surface area contributed by atoms with Gasteiger partial charge < -0.3 is 10.4 Å². The maximum atomic E-state index is 9.14. The van der Waals surface area contributed by atoms with Gasteiger partial charge in [0.15, 0.2) is 0 Å². The number of hydrogen-bond donors (Lipinski definition) is 2. The molecule has 2 heteroatoms. The lowest BCUT2D eigenvalue weighted by Gasteiger charge is -2.28. The molecule has 2 atom stereocenters. The molecule has 1 aliphatic carbocycles. The molecule has 0 amide bonds. The van der Waals surface area contributed by atoms with Gasteiger partial charge in [0.2, 0.25) is 0 Å². The van der Waals surface area contributed by atoms with Crippen molar-refractivity contribution in [3.63, 3.8) is 0 Å². The average Bonchev–Trinajstić information content (AvgIpc) is 2.18. The molecule has 84 valence electrons.